The van der Waals surface area contributed by atoms with Crippen LogP contribution in [0.15, 0.2) is 29.3 Å². The van der Waals surface area contributed by atoms with E-state index in [0.717, 1.165) is 0 Å². The molecule has 0 spiro atoms. The van der Waals surface area contributed by atoms with Crippen LogP contribution >= 0.6 is 0 Å². The normalized spacial score (nSPS) is 17.4. The average molecular weight is 426 g/mol. The van der Waals surface area contributed by atoms with E-state index in [0.29, 0.717) is 34.4 Å². The van der Waals surface area contributed by atoms with Gasteiger partial charge in [-0.1, -0.05) is 12.1 Å². The topological polar surface area (TPSA) is 114 Å². The first kappa shape index (κ1) is 22.1. The molecule has 1 aromatic carbocycles. The number of carbonyl (C=O) groups is 1. The first-order valence-corrected chi connectivity index (χ1v) is 9.88. The molecular weight excluding hydrogens is 400 g/mol. The van der Waals surface area contributed by atoms with Gasteiger partial charge in [0.25, 0.3) is 5.69 Å². The van der Waals surface area contributed by atoms with E-state index in [4.69, 9.17) is 4.74 Å². The summed E-state index contributed by atoms with van der Waals surface area (Å²) in [6.07, 6.45) is 0. The molecule has 1 aromatic heterocycles. The van der Waals surface area contributed by atoms with Crippen LogP contribution in [0.1, 0.15) is 30.9 Å². The highest BCUT2D eigenvalue weighted by molar-refractivity contribution is 6.05. The molecule has 0 bridgehead atoms. The number of hydrogen-bond acceptors (Lipinski definition) is 9. The van der Waals surface area contributed by atoms with Crippen molar-refractivity contribution in [3.05, 3.63) is 45.5 Å². The highest BCUT2D eigenvalue weighted by Crippen LogP contribution is 2.46. The van der Waals surface area contributed by atoms with Crippen LogP contribution in [0, 0.1) is 16.0 Å². The number of carbonyl (C=O) groups excluding carboxylic acids is 1. The fourth-order valence-electron chi connectivity index (χ4n) is 3.71. The molecule has 0 saturated carbocycles. The van der Waals surface area contributed by atoms with Crippen molar-refractivity contribution in [1.29, 1.82) is 0 Å². The van der Waals surface area contributed by atoms with Crippen molar-refractivity contribution >= 4 is 35.0 Å². The van der Waals surface area contributed by atoms with Gasteiger partial charge in [-0.25, -0.2) is 4.99 Å². The maximum atomic E-state index is 13.0. The molecular formula is C21H26N6O4. The summed E-state index contributed by atoms with van der Waals surface area (Å²) in [5, 5.41) is 11.4. The maximum Gasteiger partial charge on any atom is 0.315 e. The summed E-state index contributed by atoms with van der Waals surface area (Å²) in [7, 11) is 7.36. The van der Waals surface area contributed by atoms with Gasteiger partial charge in [-0.2, -0.15) is 9.97 Å². The van der Waals surface area contributed by atoms with Gasteiger partial charge in [0.1, 0.15) is 11.7 Å². The number of anilines is 2. The van der Waals surface area contributed by atoms with Gasteiger partial charge in [-0.05, 0) is 19.4 Å². The predicted molar refractivity (Wildman–Crippen MR) is 119 cm³/mol. The van der Waals surface area contributed by atoms with Gasteiger partial charge in [-0.15, -0.1) is 0 Å². The van der Waals surface area contributed by atoms with Crippen molar-refractivity contribution < 1.29 is 14.5 Å². The quantitative estimate of drug-likeness (QED) is 0.393. The lowest BCUT2D eigenvalue weighted by atomic mass is 9.76. The molecule has 2 unspecified atom stereocenters. The lowest BCUT2D eigenvalue weighted by molar-refractivity contribution is -0.384. The Bertz CT molecular complexity index is 1050. The molecule has 2 heterocycles. The summed E-state index contributed by atoms with van der Waals surface area (Å²) < 4.78 is 5.34. The van der Waals surface area contributed by atoms with Crippen LogP contribution in [0.4, 0.5) is 23.3 Å². The Balaban J connectivity index is 2.34. The molecule has 3 rings (SSSR count). The fraction of sp³-hybridized carbons (Fsp3) is 0.429. The zero-order chi connectivity index (χ0) is 22.9. The zero-order valence-electron chi connectivity index (χ0n) is 18.5. The Morgan fingerprint density at radius 2 is 1.90 bits per heavy atom. The minimum Gasteiger partial charge on any atom is -0.465 e. The molecule has 0 fully saturated rings. The first-order chi connectivity index (χ1) is 14.6. The Labute approximate surface area is 180 Å². The summed E-state index contributed by atoms with van der Waals surface area (Å²) in [5.74, 6) is -0.256. The number of fused-ring (bicyclic) bond motifs is 1. The van der Waals surface area contributed by atoms with Crippen molar-refractivity contribution in [1.82, 2.24) is 9.97 Å². The Hall–Kier alpha value is -3.56. The van der Waals surface area contributed by atoms with Gasteiger partial charge in [0.05, 0.1) is 11.5 Å². The van der Waals surface area contributed by atoms with Gasteiger partial charge in [0, 0.05) is 57.5 Å². The second kappa shape index (κ2) is 8.66. The lowest BCUT2D eigenvalue weighted by Gasteiger charge is -2.33. The van der Waals surface area contributed by atoms with Gasteiger partial charge < -0.3 is 14.5 Å². The van der Waals surface area contributed by atoms with E-state index in [2.05, 4.69) is 15.0 Å². The molecule has 10 nitrogen and oxygen atoms in total. The number of nitro groups is 1. The number of aliphatic imine (C=N–C) groups is 1. The van der Waals surface area contributed by atoms with Crippen LogP contribution in [0.25, 0.3) is 0 Å². The second-order valence-corrected chi connectivity index (χ2v) is 7.69. The van der Waals surface area contributed by atoms with Crippen molar-refractivity contribution in [2.45, 2.75) is 19.8 Å². The monoisotopic (exact) mass is 426 g/mol. The van der Waals surface area contributed by atoms with E-state index in [1.165, 1.54) is 12.1 Å². The van der Waals surface area contributed by atoms with Crippen molar-refractivity contribution in [2.24, 2.45) is 10.9 Å². The van der Waals surface area contributed by atoms with E-state index in [-0.39, 0.29) is 12.3 Å². The lowest BCUT2D eigenvalue weighted by Crippen LogP contribution is -2.35. The van der Waals surface area contributed by atoms with Crippen LogP contribution in [0.3, 0.4) is 0 Å². The number of rotatable bonds is 6. The smallest absolute Gasteiger partial charge is 0.315 e. The van der Waals surface area contributed by atoms with Gasteiger partial charge in [0.15, 0.2) is 5.82 Å². The van der Waals surface area contributed by atoms with Crippen LogP contribution < -0.4 is 9.80 Å². The number of hydrogen-bond donors (Lipinski definition) is 0. The molecule has 1 aliphatic heterocycles. The van der Waals surface area contributed by atoms with E-state index in [1.807, 2.05) is 33.1 Å². The molecule has 0 amide bonds. The minimum atomic E-state index is -0.748. The number of nitro benzene ring substituents is 1. The van der Waals surface area contributed by atoms with Crippen molar-refractivity contribution in [2.75, 3.05) is 44.6 Å². The summed E-state index contributed by atoms with van der Waals surface area (Å²) in [6.45, 7) is 3.70. The highest BCUT2D eigenvalue weighted by atomic mass is 16.6. The molecule has 0 radical (unpaired) electrons. The molecule has 31 heavy (non-hydrogen) atoms. The molecule has 2 atom stereocenters. The highest BCUT2D eigenvalue weighted by Gasteiger charge is 2.42. The van der Waals surface area contributed by atoms with Crippen LogP contribution in [-0.4, -0.2) is 61.4 Å². The number of esters is 1. The summed E-state index contributed by atoms with van der Waals surface area (Å²) in [5.41, 5.74) is 1.72. The molecule has 2 aromatic rings. The number of aromatic nitrogens is 2. The first-order valence-electron chi connectivity index (χ1n) is 9.88. The molecule has 0 saturated heterocycles. The third-order valence-corrected chi connectivity index (χ3v) is 5.07. The molecule has 10 heteroatoms. The molecule has 0 aliphatic carbocycles. The van der Waals surface area contributed by atoms with E-state index < -0.39 is 22.7 Å². The van der Waals surface area contributed by atoms with Gasteiger partial charge in [-0.3, -0.25) is 14.9 Å². The zero-order valence-corrected chi connectivity index (χ0v) is 18.5. The summed E-state index contributed by atoms with van der Waals surface area (Å²) in [6, 6.07) is 6.29. The van der Waals surface area contributed by atoms with E-state index in [9.17, 15) is 14.9 Å². The fourth-order valence-corrected chi connectivity index (χ4v) is 3.71. The van der Waals surface area contributed by atoms with Crippen molar-refractivity contribution in [3.8, 4) is 0 Å². The Morgan fingerprint density at radius 3 is 2.48 bits per heavy atom. The predicted octanol–water partition coefficient (Wildman–Crippen LogP) is 2.93. The second-order valence-electron chi connectivity index (χ2n) is 7.69. The molecule has 1 aliphatic rings. The number of non-ortho nitro benzene ring substituents is 1. The number of nitrogens with zero attached hydrogens (tertiary/aromatic N) is 6. The SMILES string of the molecule is CCOC(=O)C1C(C)=Nc2nc(N(C)C)nc(N(C)C)c2C1c1cccc([N+](=O)[O-])c1. The van der Waals surface area contributed by atoms with Crippen molar-refractivity contribution in [3.63, 3.8) is 0 Å². The van der Waals surface area contributed by atoms with Crippen LogP contribution in [0.2, 0.25) is 0 Å². The largest absolute Gasteiger partial charge is 0.465 e. The molecule has 0 N–H and O–H groups in total. The van der Waals surface area contributed by atoms with Gasteiger partial charge >= 0.3 is 5.97 Å². The van der Waals surface area contributed by atoms with Crippen LogP contribution in [0.5, 0.6) is 0 Å². The summed E-state index contributed by atoms with van der Waals surface area (Å²) in [4.78, 5) is 41.4. The summed E-state index contributed by atoms with van der Waals surface area (Å²) >= 11 is 0. The third kappa shape index (κ3) is 4.18. The maximum absolute atomic E-state index is 13.0. The van der Waals surface area contributed by atoms with E-state index >= 15 is 0 Å². The Morgan fingerprint density at radius 1 is 1.19 bits per heavy atom. The average Bonchev–Trinajstić information content (AvgIpc) is 2.71. The number of benzene rings is 1. The Kier molecular flexibility index (Phi) is 6.19. The minimum absolute atomic E-state index is 0.0564. The van der Waals surface area contributed by atoms with Gasteiger partial charge in [0.2, 0.25) is 5.95 Å². The molecule has 164 valence electrons. The van der Waals surface area contributed by atoms with E-state index in [1.54, 1.807) is 30.9 Å². The number of ether oxygens (including phenoxy) is 1. The third-order valence-electron chi connectivity index (χ3n) is 5.07. The van der Waals surface area contributed by atoms with Crippen LogP contribution in [-0.2, 0) is 9.53 Å². The standard InChI is InChI=1S/C21H26N6O4/c1-7-31-20(28)15-12(2)22-18-17(19(25(3)4)24-21(23-18)26(5)6)16(15)13-9-8-10-14(11-13)27(29)30/h8-11,15-16H,7H2,1-6H3.